The molecule has 0 atom stereocenters. The van der Waals surface area contributed by atoms with Crippen LogP contribution >= 0.6 is 23.1 Å². The lowest BCUT2D eigenvalue weighted by Gasteiger charge is -2.34. The van der Waals surface area contributed by atoms with Crippen LogP contribution in [0.1, 0.15) is 63.3 Å². The van der Waals surface area contributed by atoms with Crippen LogP contribution in [0, 0.1) is 0 Å². The fourth-order valence-electron chi connectivity index (χ4n) is 3.90. The first-order valence-electron chi connectivity index (χ1n) is 11.9. The van der Waals surface area contributed by atoms with Crippen molar-refractivity contribution in [2.24, 2.45) is 0 Å². The topological polar surface area (TPSA) is 61.4 Å². The van der Waals surface area contributed by atoms with Crippen LogP contribution in [0.5, 0.6) is 0 Å². The van der Waals surface area contributed by atoms with Gasteiger partial charge in [-0.15, -0.1) is 0 Å². The Hall–Kier alpha value is -1.70. The van der Waals surface area contributed by atoms with Gasteiger partial charge in [-0.2, -0.15) is 4.37 Å². The molecule has 1 fully saturated rings. The number of benzene rings is 1. The zero-order chi connectivity index (χ0) is 22.6. The van der Waals surface area contributed by atoms with Crippen LogP contribution in [-0.4, -0.2) is 59.4 Å². The molecule has 0 radical (unpaired) electrons. The van der Waals surface area contributed by atoms with Gasteiger partial charge in [-0.05, 0) is 24.1 Å². The largest absolute Gasteiger partial charge is 0.355 e. The first-order chi connectivity index (χ1) is 15.6. The highest BCUT2D eigenvalue weighted by Crippen LogP contribution is 2.21. The van der Waals surface area contributed by atoms with Gasteiger partial charge in [0.2, 0.25) is 11.0 Å². The normalized spacial score (nSPS) is 14.6. The fraction of sp³-hybridized carbons (Fsp3) is 0.625. The van der Waals surface area contributed by atoms with Crippen LogP contribution in [0.2, 0.25) is 5.02 Å². The van der Waals surface area contributed by atoms with Gasteiger partial charge < -0.3 is 10.2 Å². The van der Waals surface area contributed by atoms with Crippen LogP contribution in [0.15, 0.2) is 24.3 Å². The molecule has 0 aliphatic carbocycles. The lowest BCUT2D eigenvalue weighted by Crippen LogP contribution is -2.48. The number of halogens is 1. The van der Waals surface area contributed by atoms with E-state index in [9.17, 15) is 4.79 Å². The average Bonchev–Trinajstić information content (AvgIpc) is 3.27. The second-order valence-corrected chi connectivity index (χ2v) is 9.66. The van der Waals surface area contributed by atoms with Crippen LogP contribution < -0.4 is 10.2 Å². The maximum atomic E-state index is 12.0. The average molecular weight is 478 g/mol. The molecule has 6 nitrogen and oxygen atoms in total. The van der Waals surface area contributed by atoms with Crippen molar-refractivity contribution in [1.29, 1.82) is 0 Å². The van der Waals surface area contributed by atoms with E-state index < -0.39 is 0 Å². The molecule has 1 amide bonds. The quantitative estimate of drug-likeness (QED) is 0.421. The highest BCUT2D eigenvalue weighted by atomic mass is 35.5. The van der Waals surface area contributed by atoms with Crippen molar-refractivity contribution in [2.45, 2.75) is 58.3 Å². The van der Waals surface area contributed by atoms with E-state index in [0.29, 0.717) is 6.42 Å². The number of nitrogens with zero attached hydrogens (tertiary/aromatic N) is 4. The maximum absolute atomic E-state index is 12.0. The lowest BCUT2D eigenvalue weighted by atomic mass is 10.1. The van der Waals surface area contributed by atoms with Gasteiger partial charge in [0.05, 0.1) is 0 Å². The van der Waals surface area contributed by atoms with E-state index in [1.54, 1.807) is 0 Å². The zero-order valence-corrected chi connectivity index (χ0v) is 20.8. The number of aromatic nitrogens is 2. The number of unbranched alkanes of at least 4 members (excludes halogenated alkanes) is 5. The molecule has 0 spiro atoms. The SMILES string of the molecule is CCCCCCCCC(=O)NCCN1CCN(c2nc(Cc3ccc(Cl)cc3)ns2)CC1. The Kier molecular flexibility index (Phi) is 10.7. The number of hydrogen-bond donors (Lipinski definition) is 1. The molecule has 1 N–H and O–H groups in total. The van der Waals surface area contributed by atoms with Gasteiger partial charge in [-0.1, -0.05) is 62.8 Å². The Morgan fingerprint density at radius 3 is 2.53 bits per heavy atom. The molecule has 0 saturated carbocycles. The molecule has 8 heteroatoms. The number of hydrogen-bond acceptors (Lipinski definition) is 6. The molecule has 176 valence electrons. The number of rotatable bonds is 13. The molecule has 0 bridgehead atoms. The smallest absolute Gasteiger partial charge is 0.220 e. The molecule has 1 saturated heterocycles. The molecule has 32 heavy (non-hydrogen) atoms. The Balaban J connectivity index is 1.29. The van der Waals surface area contributed by atoms with Gasteiger partial charge in [-0.25, -0.2) is 4.98 Å². The molecule has 1 aromatic heterocycles. The van der Waals surface area contributed by atoms with Crippen LogP contribution in [0.4, 0.5) is 5.13 Å². The maximum Gasteiger partial charge on any atom is 0.220 e. The van der Waals surface area contributed by atoms with Crippen LogP contribution in [-0.2, 0) is 11.2 Å². The van der Waals surface area contributed by atoms with Gasteiger partial charge in [-0.3, -0.25) is 9.69 Å². The molecule has 1 aromatic carbocycles. The fourth-order valence-corrected chi connectivity index (χ4v) is 4.76. The summed E-state index contributed by atoms with van der Waals surface area (Å²) in [6.07, 6.45) is 8.69. The van der Waals surface area contributed by atoms with Gasteiger partial charge >= 0.3 is 0 Å². The summed E-state index contributed by atoms with van der Waals surface area (Å²) in [5, 5.41) is 4.83. The molecule has 2 aromatic rings. The Morgan fingerprint density at radius 2 is 1.78 bits per heavy atom. The summed E-state index contributed by atoms with van der Waals surface area (Å²) in [6.45, 7) is 7.73. The van der Waals surface area contributed by atoms with E-state index in [2.05, 4.69) is 26.4 Å². The molecule has 3 rings (SSSR count). The third-order valence-electron chi connectivity index (χ3n) is 5.88. The highest BCUT2D eigenvalue weighted by Gasteiger charge is 2.20. The minimum Gasteiger partial charge on any atom is -0.355 e. The standard InChI is InChI=1S/C24H36ClN5OS/c1-2-3-4-5-6-7-8-23(31)26-13-14-29-15-17-30(18-16-29)24-27-22(28-32-24)19-20-9-11-21(25)12-10-20/h9-12H,2-8,13-19H2,1H3,(H,26,31). The monoisotopic (exact) mass is 477 g/mol. The number of piperazine rings is 1. The third-order valence-corrected chi connectivity index (χ3v) is 6.95. The zero-order valence-electron chi connectivity index (χ0n) is 19.2. The summed E-state index contributed by atoms with van der Waals surface area (Å²) in [5.41, 5.74) is 1.17. The van der Waals surface area contributed by atoms with E-state index in [1.165, 1.54) is 49.2 Å². The molecule has 1 aliphatic rings. The van der Waals surface area contributed by atoms with Gasteiger partial charge in [0.15, 0.2) is 0 Å². The summed E-state index contributed by atoms with van der Waals surface area (Å²) < 4.78 is 4.54. The first kappa shape index (κ1) is 24.9. The van der Waals surface area contributed by atoms with Crippen LogP contribution in [0.25, 0.3) is 0 Å². The van der Waals surface area contributed by atoms with Crippen LogP contribution in [0.3, 0.4) is 0 Å². The number of amides is 1. The summed E-state index contributed by atoms with van der Waals surface area (Å²) in [6, 6.07) is 7.85. The molecule has 1 aliphatic heterocycles. The highest BCUT2D eigenvalue weighted by molar-refractivity contribution is 7.09. The Morgan fingerprint density at radius 1 is 1.06 bits per heavy atom. The lowest BCUT2D eigenvalue weighted by molar-refractivity contribution is -0.121. The third kappa shape index (κ3) is 8.68. The number of anilines is 1. The van der Waals surface area contributed by atoms with Crippen molar-refractivity contribution in [3.8, 4) is 0 Å². The molecule has 2 heterocycles. The molecular formula is C24H36ClN5OS. The van der Waals surface area contributed by atoms with Crippen molar-refractivity contribution in [1.82, 2.24) is 19.6 Å². The van der Waals surface area contributed by atoms with Crippen molar-refractivity contribution < 1.29 is 4.79 Å². The minimum atomic E-state index is 0.196. The predicted octanol–water partition coefficient (Wildman–Crippen LogP) is 4.77. The van der Waals surface area contributed by atoms with E-state index >= 15 is 0 Å². The van der Waals surface area contributed by atoms with Crippen molar-refractivity contribution >= 4 is 34.2 Å². The summed E-state index contributed by atoms with van der Waals surface area (Å²) in [7, 11) is 0. The summed E-state index contributed by atoms with van der Waals surface area (Å²) >= 11 is 7.44. The van der Waals surface area contributed by atoms with Crippen molar-refractivity contribution in [3.63, 3.8) is 0 Å². The number of carbonyl (C=O) groups excluding carboxylic acids is 1. The Bertz CT molecular complexity index is 805. The number of nitrogens with one attached hydrogen (secondary N) is 1. The second kappa shape index (κ2) is 13.8. The van der Waals surface area contributed by atoms with E-state index in [1.807, 2.05) is 24.3 Å². The van der Waals surface area contributed by atoms with Gasteiger partial charge in [0.1, 0.15) is 5.82 Å². The van der Waals surface area contributed by atoms with Crippen molar-refractivity contribution in [2.75, 3.05) is 44.2 Å². The second-order valence-electron chi connectivity index (χ2n) is 8.49. The molecular weight excluding hydrogens is 442 g/mol. The van der Waals surface area contributed by atoms with Gasteiger partial charge in [0, 0.05) is 68.7 Å². The summed E-state index contributed by atoms with van der Waals surface area (Å²) in [4.78, 5) is 21.5. The predicted molar refractivity (Wildman–Crippen MR) is 134 cm³/mol. The molecule has 0 unspecified atom stereocenters. The van der Waals surface area contributed by atoms with Crippen molar-refractivity contribution in [3.05, 3.63) is 40.7 Å². The van der Waals surface area contributed by atoms with E-state index in [-0.39, 0.29) is 5.91 Å². The van der Waals surface area contributed by atoms with Gasteiger partial charge in [0.25, 0.3) is 0 Å². The summed E-state index contributed by atoms with van der Waals surface area (Å²) in [5.74, 6) is 1.06. The van der Waals surface area contributed by atoms with E-state index in [4.69, 9.17) is 16.6 Å². The first-order valence-corrected chi connectivity index (χ1v) is 13.1. The Labute approximate surface area is 201 Å². The van der Waals surface area contributed by atoms with E-state index in [0.717, 1.165) is 68.1 Å². The minimum absolute atomic E-state index is 0.196. The number of carbonyl (C=O) groups is 1.